The second-order valence-corrected chi connectivity index (χ2v) is 9.85. The quantitative estimate of drug-likeness (QED) is 0.420. The lowest BCUT2D eigenvalue weighted by molar-refractivity contribution is -0.149. The van der Waals surface area contributed by atoms with Crippen LogP contribution < -0.4 is 5.69 Å². The average Bonchev–Trinajstić information content (AvgIpc) is 3.29. The molecule has 2 aromatic heterocycles. The number of sulfonamides is 1. The van der Waals surface area contributed by atoms with Gasteiger partial charge in [0.25, 0.3) is 0 Å². The Morgan fingerprint density at radius 2 is 2.09 bits per heavy atom. The van der Waals surface area contributed by atoms with Crippen LogP contribution in [-0.2, 0) is 26.1 Å². The van der Waals surface area contributed by atoms with E-state index in [4.69, 9.17) is 9.26 Å². The molecule has 32 heavy (non-hydrogen) atoms. The number of carbonyl (C=O) groups excluding carboxylic acids is 1. The Hall–Kier alpha value is -2.92. The van der Waals surface area contributed by atoms with Crippen LogP contribution in [0.1, 0.15) is 30.7 Å². The molecular weight excluding hydrogens is 436 g/mol. The minimum Gasteiger partial charge on any atom is -0.465 e. The predicted molar refractivity (Wildman–Crippen MR) is 116 cm³/mol. The van der Waals surface area contributed by atoms with Gasteiger partial charge in [-0.15, -0.1) is 0 Å². The van der Waals surface area contributed by atoms with Crippen molar-refractivity contribution in [1.29, 1.82) is 0 Å². The molecule has 172 valence electrons. The van der Waals surface area contributed by atoms with Crippen molar-refractivity contribution in [3.8, 4) is 0 Å². The standard InChI is InChI=1S/C21H26N4O6S/c1-14-19(15(2)31-23-14)32(28,29)24-10-5-7-16(13-24)20(26)30-12-6-11-25-18-9-4-3-8-17(18)22-21(25)27/h3-4,8-9,16H,5-7,10-13H2,1-2H3,(H,22,27)/t16-/m0/s1. The molecule has 3 heterocycles. The molecule has 3 aromatic rings. The van der Waals surface area contributed by atoms with Crippen molar-refractivity contribution < 1.29 is 22.5 Å². The second kappa shape index (κ2) is 8.91. The zero-order chi connectivity index (χ0) is 22.9. The highest BCUT2D eigenvalue weighted by atomic mass is 32.2. The van der Waals surface area contributed by atoms with Crippen LogP contribution >= 0.6 is 0 Å². The van der Waals surface area contributed by atoms with Gasteiger partial charge in [-0.1, -0.05) is 17.3 Å². The van der Waals surface area contributed by atoms with E-state index in [0.717, 1.165) is 11.0 Å². The van der Waals surface area contributed by atoms with Gasteiger partial charge in [-0.2, -0.15) is 4.31 Å². The number of para-hydroxylation sites is 2. The van der Waals surface area contributed by atoms with Crippen LogP contribution in [0.25, 0.3) is 11.0 Å². The largest absolute Gasteiger partial charge is 0.465 e. The van der Waals surface area contributed by atoms with Gasteiger partial charge < -0.3 is 14.2 Å². The number of aromatic nitrogens is 3. The molecule has 0 amide bonds. The van der Waals surface area contributed by atoms with Gasteiger partial charge >= 0.3 is 11.7 Å². The number of benzene rings is 1. The molecule has 0 saturated carbocycles. The third-order valence-electron chi connectivity index (χ3n) is 5.74. The molecule has 4 rings (SSSR count). The summed E-state index contributed by atoms with van der Waals surface area (Å²) in [5, 5.41) is 3.73. The summed E-state index contributed by atoms with van der Waals surface area (Å²) in [6.45, 7) is 4.09. The number of carbonyl (C=O) groups is 1. The minimum atomic E-state index is -3.80. The number of esters is 1. The Morgan fingerprint density at radius 3 is 2.84 bits per heavy atom. The fraction of sp³-hybridized carbons (Fsp3) is 0.476. The summed E-state index contributed by atoms with van der Waals surface area (Å²) in [7, 11) is -3.80. The Balaban J connectivity index is 1.34. The Bertz CT molecular complexity index is 1270. The summed E-state index contributed by atoms with van der Waals surface area (Å²) in [6, 6.07) is 7.40. The molecule has 11 heteroatoms. The second-order valence-electron chi connectivity index (χ2n) is 7.98. The van der Waals surface area contributed by atoms with Crippen LogP contribution in [-0.4, -0.2) is 53.1 Å². The average molecular weight is 463 g/mol. The molecule has 1 atom stereocenters. The number of ether oxygens (including phenoxy) is 1. The summed E-state index contributed by atoms with van der Waals surface area (Å²) >= 11 is 0. The van der Waals surface area contributed by atoms with Crippen LogP contribution in [0, 0.1) is 19.8 Å². The number of piperidine rings is 1. The number of nitrogens with zero attached hydrogens (tertiary/aromatic N) is 3. The van der Waals surface area contributed by atoms with Crippen molar-refractivity contribution in [3.05, 3.63) is 46.2 Å². The van der Waals surface area contributed by atoms with Crippen LogP contribution in [0.2, 0.25) is 0 Å². The molecule has 0 radical (unpaired) electrons. The van der Waals surface area contributed by atoms with Gasteiger partial charge in [0.15, 0.2) is 5.76 Å². The molecule has 0 spiro atoms. The zero-order valence-electron chi connectivity index (χ0n) is 18.0. The van der Waals surface area contributed by atoms with E-state index in [0.29, 0.717) is 38.0 Å². The summed E-state index contributed by atoms with van der Waals surface area (Å²) in [5.41, 5.74) is 1.66. The Labute approximate surface area is 185 Å². The van der Waals surface area contributed by atoms with Crippen LogP contribution in [0.15, 0.2) is 38.5 Å². The van der Waals surface area contributed by atoms with Gasteiger partial charge in [-0.05, 0) is 45.2 Å². The first kappa shape index (κ1) is 22.3. The molecule has 1 aromatic carbocycles. The van der Waals surface area contributed by atoms with E-state index in [2.05, 4.69) is 10.1 Å². The van der Waals surface area contributed by atoms with Gasteiger partial charge in [0.2, 0.25) is 10.0 Å². The minimum absolute atomic E-state index is 0.0626. The number of H-pyrrole nitrogens is 1. The summed E-state index contributed by atoms with van der Waals surface area (Å²) in [4.78, 5) is 27.6. The number of aromatic amines is 1. The number of fused-ring (bicyclic) bond motifs is 1. The zero-order valence-corrected chi connectivity index (χ0v) is 18.9. The monoisotopic (exact) mass is 462 g/mol. The number of rotatable bonds is 7. The first-order valence-corrected chi connectivity index (χ1v) is 12.0. The van der Waals surface area contributed by atoms with E-state index in [1.165, 1.54) is 4.31 Å². The molecule has 1 aliphatic rings. The van der Waals surface area contributed by atoms with Gasteiger partial charge in [0.05, 0.1) is 23.6 Å². The lowest BCUT2D eigenvalue weighted by Crippen LogP contribution is -2.43. The van der Waals surface area contributed by atoms with Crippen molar-refractivity contribution in [2.24, 2.45) is 5.92 Å². The fourth-order valence-corrected chi connectivity index (χ4v) is 5.98. The molecule has 0 unspecified atom stereocenters. The Morgan fingerprint density at radius 1 is 1.31 bits per heavy atom. The van der Waals surface area contributed by atoms with Gasteiger partial charge in [-0.25, -0.2) is 13.2 Å². The maximum atomic E-state index is 13.0. The highest BCUT2D eigenvalue weighted by Crippen LogP contribution is 2.28. The normalized spacial score (nSPS) is 17.6. The van der Waals surface area contributed by atoms with E-state index >= 15 is 0 Å². The molecule has 1 aliphatic heterocycles. The number of nitrogens with one attached hydrogen (secondary N) is 1. The number of imidazole rings is 1. The third-order valence-corrected chi connectivity index (χ3v) is 7.85. The van der Waals surface area contributed by atoms with E-state index in [-0.39, 0.29) is 29.5 Å². The molecular formula is C21H26N4O6S. The maximum Gasteiger partial charge on any atom is 0.326 e. The molecule has 1 saturated heterocycles. The summed E-state index contributed by atoms with van der Waals surface area (Å²) < 4.78 is 39.4. The van der Waals surface area contributed by atoms with Crippen molar-refractivity contribution >= 4 is 27.0 Å². The number of aryl methyl sites for hydroxylation is 3. The smallest absolute Gasteiger partial charge is 0.326 e. The highest BCUT2D eigenvalue weighted by Gasteiger charge is 2.37. The van der Waals surface area contributed by atoms with Crippen molar-refractivity contribution in [3.63, 3.8) is 0 Å². The predicted octanol–water partition coefficient (Wildman–Crippen LogP) is 1.97. The number of hydrogen-bond acceptors (Lipinski definition) is 7. The molecule has 0 bridgehead atoms. The van der Waals surface area contributed by atoms with Crippen LogP contribution in [0.5, 0.6) is 0 Å². The van der Waals surface area contributed by atoms with Crippen molar-refractivity contribution in [2.75, 3.05) is 19.7 Å². The van der Waals surface area contributed by atoms with Crippen molar-refractivity contribution in [1.82, 2.24) is 19.0 Å². The molecule has 1 N–H and O–H groups in total. The Kier molecular flexibility index (Phi) is 6.20. The van der Waals surface area contributed by atoms with Crippen LogP contribution in [0.3, 0.4) is 0 Å². The third kappa shape index (κ3) is 4.22. The van der Waals surface area contributed by atoms with Gasteiger partial charge in [-0.3, -0.25) is 9.36 Å². The van der Waals surface area contributed by atoms with Gasteiger partial charge in [0, 0.05) is 19.6 Å². The first-order valence-electron chi connectivity index (χ1n) is 10.6. The highest BCUT2D eigenvalue weighted by molar-refractivity contribution is 7.89. The van der Waals surface area contributed by atoms with E-state index in [9.17, 15) is 18.0 Å². The maximum absolute atomic E-state index is 13.0. The van der Waals surface area contributed by atoms with Crippen molar-refractivity contribution in [2.45, 2.75) is 44.6 Å². The molecule has 10 nitrogen and oxygen atoms in total. The van der Waals surface area contributed by atoms with E-state index in [1.54, 1.807) is 18.4 Å². The van der Waals surface area contributed by atoms with Crippen LogP contribution in [0.4, 0.5) is 0 Å². The summed E-state index contributed by atoms with van der Waals surface area (Å²) in [5.74, 6) is -0.718. The van der Waals surface area contributed by atoms with E-state index in [1.807, 2.05) is 24.3 Å². The number of hydrogen-bond donors (Lipinski definition) is 1. The molecule has 1 fully saturated rings. The van der Waals surface area contributed by atoms with E-state index < -0.39 is 21.9 Å². The first-order chi connectivity index (χ1) is 15.3. The summed E-state index contributed by atoms with van der Waals surface area (Å²) in [6.07, 6.45) is 1.60. The fourth-order valence-electron chi connectivity index (χ4n) is 4.17. The van der Waals surface area contributed by atoms with Gasteiger partial charge in [0.1, 0.15) is 10.6 Å². The molecule has 0 aliphatic carbocycles. The SMILES string of the molecule is Cc1noc(C)c1S(=O)(=O)N1CCC[C@H](C(=O)OCCCn2c(=O)[nH]c3ccccc32)C1. The topological polar surface area (TPSA) is 128 Å². The lowest BCUT2D eigenvalue weighted by atomic mass is 10.00. The lowest BCUT2D eigenvalue weighted by Gasteiger charge is -2.30.